The Bertz CT molecular complexity index is 994. The first-order chi connectivity index (χ1) is 13.2. The molecule has 0 atom stereocenters. The minimum Gasteiger partial charge on any atom is -0.406 e. The smallest absolute Gasteiger partial charge is 0.406 e. The fourth-order valence-electron chi connectivity index (χ4n) is 2.60. The molecule has 28 heavy (non-hydrogen) atoms. The van der Waals surface area contributed by atoms with Crippen molar-refractivity contribution in [1.82, 2.24) is 9.78 Å². The second-order valence-corrected chi connectivity index (χ2v) is 6.98. The fourth-order valence-corrected chi connectivity index (χ4v) is 3.05. The number of aryl methyl sites for hydroxylation is 1. The monoisotopic (exact) mass is 454 g/mol. The molecule has 0 spiro atoms. The highest BCUT2D eigenvalue weighted by molar-refractivity contribution is 9.10. The van der Waals surface area contributed by atoms with E-state index in [1.807, 2.05) is 31.2 Å². The predicted octanol–water partition coefficient (Wildman–Crippen LogP) is 6.37. The molecule has 0 saturated carbocycles. The van der Waals surface area contributed by atoms with Gasteiger partial charge in [-0.15, -0.1) is 13.2 Å². The maximum absolute atomic E-state index is 14.5. The molecule has 0 bridgehead atoms. The van der Waals surface area contributed by atoms with Gasteiger partial charge in [-0.3, -0.25) is 4.68 Å². The lowest BCUT2D eigenvalue weighted by Gasteiger charge is -2.08. The van der Waals surface area contributed by atoms with E-state index >= 15 is 0 Å². The molecule has 0 fully saturated rings. The molecule has 0 N–H and O–H groups in total. The molecule has 0 aliphatic heterocycles. The zero-order valence-electron chi connectivity index (χ0n) is 14.7. The third-order valence-corrected chi connectivity index (χ3v) is 4.35. The summed E-state index contributed by atoms with van der Waals surface area (Å²) in [7, 11) is 0. The molecule has 3 rings (SSSR count). The summed E-state index contributed by atoms with van der Waals surface area (Å²) in [4.78, 5) is 0. The number of ether oxygens (including phenoxy) is 1. The topological polar surface area (TPSA) is 27.1 Å². The second-order valence-electron chi connectivity index (χ2n) is 6.06. The first kappa shape index (κ1) is 20.1. The van der Waals surface area contributed by atoms with Gasteiger partial charge < -0.3 is 4.74 Å². The zero-order valence-corrected chi connectivity index (χ0v) is 16.3. The molecule has 0 unspecified atom stereocenters. The van der Waals surface area contributed by atoms with Crippen molar-refractivity contribution in [3.8, 4) is 5.75 Å². The van der Waals surface area contributed by atoms with Crippen molar-refractivity contribution in [2.45, 2.75) is 19.8 Å². The Morgan fingerprint density at radius 3 is 2.50 bits per heavy atom. The van der Waals surface area contributed by atoms with Crippen molar-refractivity contribution in [3.63, 3.8) is 0 Å². The molecular formula is C20H15BrF4N2O. The van der Waals surface area contributed by atoms with E-state index in [0.717, 1.165) is 27.9 Å². The lowest BCUT2D eigenvalue weighted by molar-refractivity contribution is -0.274. The Morgan fingerprint density at radius 2 is 1.86 bits per heavy atom. The molecule has 1 aromatic heterocycles. The fraction of sp³-hybridized carbons (Fsp3) is 0.150. The number of halogens is 5. The summed E-state index contributed by atoms with van der Waals surface area (Å²) in [5.74, 6) is -1.01. The van der Waals surface area contributed by atoms with Gasteiger partial charge in [0.2, 0.25) is 0 Å². The van der Waals surface area contributed by atoms with Gasteiger partial charge in [0, 0.05) is 21.8 Å². The predicted molar refractivity (Wildman–Crippen MR) is 102 cm³/mol. The van der Waals surface area contributed by atoms with Gasteiger partial charge in [0.25, 0.3) is 0 Å². The highest BCUT2D eigenvalue weighted by Gasteiger charge is 2.31. The first-order valence-corrected chi connectivity index (χ1v) is 9.01. The Hall–Kier alpha value is -2.61. The van der Waals surface area contributed by atoms with E-state index in [-0.39, 0.29) is 5.56 Å². The lowest BCUT2D eigenvalue weighted by atomic mass is 10.1. The third kappa shape index (κ3) is 5.45. The maximum atomic E-state index is 14.5. The molecule has 3 nitrogen and oxygen atoms in total. The van der Waals surface area contributed by atoms with Crippen LogP contribution in [0.25, 0.3) is 11.9 Å². The van der Waals surface area contributed by atoms with E-state index in [1.54, 1.807) is 10.7 Å². The van der Waals surface area contributed by atoms with Crippen molar-refractivity contribution < 1.29 is 22.3 Å². The summed E-state index contributed by atoms with van der Waals surface area (Å²) in [5, 5.41) is 4.38. The van der Waals surface area contributed by atoms with E-state index in [0.29, 0.717) is 12.2 Å². The molecule has 0 saturated heterocycles. The lowest BCUT2D eigenvalue weighted by Crippen LogP contribution is -2.16. The van der Waals surface area contributed by atoms with Crippen LogP contribution in [0.4, 0.5) is 17.6 Å². The summed E-state index contributed by atoms with van der Waals surface area (Å²) >= 11 is 3.42. The van der Waals surface area contributed by atoms with E-state index in [2.05, 4.69) is 25.8 Å². The van der Waals surface area contributed by atoms with Crippen LogP contribution in [0.15, 0.2) is 59.1 Å². The SMILES string of the molecule is Cc1cc(C=C(F)c2ccc(OC(F)(F)F)cc2)nn1Cc1cccc(Br)c1. The molecule has 3 aromatic rings. The Labute approximate surface area is 167 Å². The van der Waals surface area contributed by atoms with Gasteiger partial charge in [0.15, 0.2) is 0 Å². The molecule has 0 aliphatic rings. The van der Waals surface area contributed by atoms with Gasteiger partial charge in [-0.05, 0) is 55.0 Å². The number of alkyl halides is 3. The quantitative estimate of drug-likeness (QED) is 0.418. The Kier molecular flexibility index (Phi) is 5.88. The standard InChI is InChI=1S/C20H15BrF4N2O/c1-13-9-17(26-27(13)12-14-3-2-4-16(21)10-14)11-19(22)15-5-7-18(8-6-15)28-20(23,24)25/h2-11H,12H2,1H3. The van der Waals surface area contributed by atoms with Crippen molar-refractivity contribution in [2.24, 2.45) is 0 Å². The van der Waals surface area contributed by atoms with Crippen LogP contribution in [-0.4, -0.2) is 16.1 Å². The molecule has 0 aliphatic carbocycles. The van der Waals surface area contributed by atoms with E-state index in [9.17, 15) is 17.6 Å². The summed E-state index contributed by atoms with van der Waals surface area (Å²) < 4.78 is 57.5. The van der Waals surface area contributed by atoms with E-state index < -0.39 is 17.9 Å². The largest absolute Gasteiger partial charge is 0.573 e. The van der Waals surface area contributed by atoms with Gasteiger partial charge in [-0.1, -0.05) is 28.1 Å². The Morgan fingerprint density at radius 1 is 1.14 bits per heavy atom. The maximum Gasteiger partial charge on any atom is 0.573 e. The van der Waals surface area contributed by atoms with Gasteiger partial charge in [0.1, 0.15) is 11.6 Å². The van der Waals surface area contributed by atoms with Crippen molar-refractivity contribution in [3.05, 3.63) is 81.6 Å². The normalized spacial score (nSPS) is 12.3. The molecule has 0 amide bonds. The summed E-state index contributed by atoms with van der Waals surface area (Å²) in [6, 6.07) is 14.1. The third-order valence-electron chi connectivity index (χ3n) is 3.86. The number of rotatable bonds is 5. The van der Waals surface area contributed by atoms with Crippen LogP contribution in [0.1, 0.15) is 22.5 Å². The van der Waals surface area contributed by atoms with Crippen molar-refractivity contribution >= 4 is 27.8 Å². The number of hydrogen-bond donors (Lipinski definition) is 0. The van der Waals surface area contributed by atoms with Crippen LogP contribution >= 0.6 is 15.9 Å². The van der Waals surface area contributed by atoms with Crippen molar-refractivity contribution in [1.29, 1.82) is 0 Å². The summed E-state index contributed by atoms with van der Waals surface area (Å²) in [5.41, 5.74) is 2.44. The molecule has 0 radical (unpaired) electrons. The Balaban J connectivity index is 1.76. The van der Waals surface area contributed by atoms with Crippen LogP contribution in [0.2, 0.25) is 0 Å². The molecular weight excluding hydrogens is 440 g/mol. The highest BCUT2D eigenvalue weighted by Crippen LogP contribution is 2.26. The number of nitrogens with zero attached hydrogens (tertiary/aromatic N) is 2. The number of aromatic nitrogens is 2. The van der Waals surface area contributed by atoms with E-state index in [4.69, 9.17) is 0 Å². The van der Waals surface area contributed by atoms with Gasteiger partial charge >= 0.3 is 6.36 Å². The minimum absolute atomic E-state index is 0.133. The highest BCUT2D eigenvalue weighted by atomic mass is 79.9. The van der Waals surface area contributed by atoms with E-state index in [1.165, 1.54) is 18.2 Å². The molecule has 2 aromatic carbocycles. The van der Waals surface area contributed by atoms with Crippen LogP contribution in [0, 0.1) is 6.92 Å². The van der Waals surface area contributed by atoms with Crippen LogP contribution in [0.3, 0.4) is 0 Å². The van der Waals surface area contributed by atoms with Gasteiger partial charge in [0.05, 0.1) is 12.2 Å². The number of hydrogen-bond acceptors (Lipinski definition) is 2. The van der Waals surface area contributed by atoms with Gasteiger partial charge in [-0.25, -0.2) is 4.39 Å². The van der Waals surface area contributed by atoms with Crippen LogP contribution in [0.5, 0.6) is 5.75 Å². The minimum atomic E-state index is -4.78. The van der Waals surface area contributed by atoms with Gasteiger partial charge in [-0.2, -0.15) is 5.10 Å². The molecule has 1 heterocycles. The second kappa shape index (κ2) is 8.18. The number of benzene rings is 2. The molecule has 146 valence electrons. The summed E-state index contributed by atoms with van der Waals surface area (Å²) in [6.07, 6.45) is -3.54. The average molecular weight is 455 g/mol. The first-order valence-electron chi connectivity index (χ1n) is 8.22. The van der Waals surface area contributed by atoms with Crippen LogP contribution < -0.4 is 4.74 Å². The van der Waals surface area contributed by atoms with Crippen LogP contribution in [-0.2, 0) is 6.54 Å². The van der Waals surface area contributed by atoms with Crippen molar-refractivity contribution in [2.75, 3.05) is 0 Å². The summed E-state index contributed by atoms with van der Waals surface area (Å²) in [6.45, 7) is 2.40. The molecule has 8 heteroatoms. The zero-order chi connectivity index (χ0) is 20.3. The average Bonchev–Trinajstić information content (AvgIpc) is 2.93.